The first-order valence-corrected chi connectivity index (χ1v) is 9.40. The smallest absolute Gasteiger partial charge is 0.196 e. The lowest BCUT2D eigenvalue weighted by Crippen LogP contribution is -2.19. The number of hydrogen-bond acceptors (Lipinski definition) is 4. The van der Waals surface area contributed by atoms with E-state index in [-0.39, 0.29) is 12.6 Å². The Kier molecular flexibility index (Phi) is 9.30. The van der Waals surface area contributed by atoms with Crippen LogP contribution in [0.3, 0.4) is 0 Å². The van der Waals surface area contributed by atoms with Gasteiger partial charge in [0.15, 0.2) is 12.6 Å². The topological polar surface area (TPSA) is 36.9 Å². The van der Waals surface area contributed by atoms with Crippen LogP contribution in [0.4, 0.5) is 0 Å². The second kappa shape index (κ2) is 10.7. The van der Waals surface area contributed by atoms with Crippen molar-refractivity contribution in [1.82, 2.24) is 0 Å². The second-order valence-electron chi connectivity index (χ2n) is 7.24. The Hall–Kier alpha value is -1.26. The van der Waals surface area contributed by atoms with E-state index >= 15 is 0 Å². The van der Waals surface area contributed by atoms with E-state index < -0.39 is 0 Å². The first kappa shape index (κ1) is 21.8. The van der Waals surface area contributed by atoms with Crippen LogP contribution < -0.4 is 9.47 Å². The molecule has 1 rings (SSSR count). The number of hydrogen-bond donors (Lipinski definition) is 0. The molecule has 0 fully saturated rings. The van der Waals surface area contributed by atoms with Gasteiger partial charge in [-0.2, -0.15) is 0 Å². The highest BCUT2D eigenvalue weighted by molar-refractivity contribution is 5.43. The van der Waals surface area contributed by atoms with Crippen LogP contribution in [0.25, 0.3) is 0 Å². The lowest BCUT2D eigenvalue weighted by Gasteiger charge is -2.27. The predicted molar refractivity (Wildman–Crippen MR) is 102 cm³/mol. The van der Waals surface area contributed by atoms with Gasteiger partial charge in [0.2, 0.25) is 0 Å². The molecular weight excluding hydrogens is 316 g/mol. The number of ether oxygens (including phenoxy) is 4. The van der Waals surface area contributed by atoms with Crippen LogP contribution >= 0.6 is 0 Å². The predicted octanol–water partition coefficient (Wildman–Crippen LogP) is 5.60. The molecule has 0 saturated carbocycles. The molecule has 0 aliphatic heterocycles. The molecule has 0 heterocycles. The summed E-state index contributed by atoms with van der Waals surface area (Å²) < 4.78 is 22.7. The molecule has 0 N–H and O–H groups in total. The van der Waals surface area contributed by atoms with E-state index in [4.69, 9.17) is 18.9 Å². The van der Waals surface area contributed by atoms with E-state index in [0.29, 0.717) is 24.4 Å². The zero-order chi connectivity index (χ0) is 19.0. The number of benzene rings is 1. The quantitative estimate of drug-likeness (QED) is 0.485. The van der Waals surface area contributed by atoms with Gasteiger partial charge in [-0.3, -0.25) is 0 Å². The fraction of sp³-hybridized carbons (Fsp3) is 0.714. The molecule has 0 amide bonds. The van der Waals surface area contributed by atoms with Gasteiger partial charge in [-0.1, -0.05) is 27.7 Å². The molecule has 0 aliphatic carbocycles. The Morgan fingerprint density at radius 3 is 2.12 bits per heavy atom. The van der Waals surface area contributed by atoms with Gasteiger partial charge >= 0.3 is 0 Å². The van der Waals surface area contributed by atoms with Gasteiger partial charge in [-0.25, -0.2) is 0 Å². The highest BCUT2D eigenvalue weighted by Gasteiger charge is 2.23. The summed E-state index contributed by atoms with van der Waals surface area (Å²) in [5, 5.41) is 0. The van der Waals surface area contributed by atoms with Crippen LogP contribution in [-0.4, -0.2) is 26.3 Å². The fourth-order valence-corrected chi connectivity index (χ4v) is 2.95. The van der Waals surface area contributed by atoms with E-state index in [9.17, 15) is 0 Å². The molecule has 25 heavy (non-hydrogen) atoms. The first-order chi connectivity index (χ1) is 11.8. The largest absolute Gasteiger partial charge is 0.465 e. The standard InChI is InChI=1S/C21H36O4/c1-9-23-17(7)24-18-10-11-21(25-16(6)22-8)20(13-18)19(15(4)5)12-14(2)3/h10-11,13-17,19H,9,12H2,1-8H3. The third-order valence-electron chi connectivity index (χ3n) is 4.24. The lowest BCUT2D eigenvalue weighted by molar-refractivity contribution is -0.0616. The van der Waals surface area contributed by atoms with E-state index in [2.05, 4.69) is 33.8 Å². The minimum Gasteiger partial charge on any atom is -0.465 e. The van der Waals surface area contributed by atoms with Crippen LogP contribution in [-0.2, 0) is 9.47 Å². The highest BCUT2D eigenvalue weighted by Crippen LogP contribution is 2.39. The van der Waals surface area contributed by atoms with Crippen molar-refractivity contribution < 1.29 is 18.9 Å². The third kappa shape index (κ3) is 7.25. The molecule has 4 heteroatoms. The van der Waals surface area contributed by atoms with Crippen molar-refractivity contribution >= 4 is 0 Å². The zero-order valence-electron chi connectivity index (χ0n) is 17.2. The van der Waals surface area contributed by atoms with Crippen molar-refractivity contribution in [3.05, 3.63) is 23.8 Å². The molecule has 0 bridgehead atoms. The monoisotopic (exact) mass is 352 g/mol. The van der Waals surface area contributed by atoms with Crippen molar-refractivity contribution in [2.75, 3.05) is 13.7 Å². The Morgan fingerprint density at radius 1 is 0.920 bits per heavy atom. The molecule has 144 valence electrons. The molecule has 0 saturated heterocycles. The molecule has 3 unspecified atom stereocenters. The van der Waals surface area contributed by atoms with Crippen molar-refractivity contribution in [2.24, 2.45) is 11.8 Å². The van der Waals surface area contributed by atoms with Gasteiger partial charge in [0.05, 0.1) is 0 Å². The maximum atomic E-state index is 6.01. The molecule has 1 aromatic carbocycles. The van der Waals surface area contributed by atoms with Crippen LogP contribution in [0.2, 0.25) is 0 Å². The highest BCUT2D eigenvalue weighted by atomic mass is 16.7. The Balaban J connectivity index is 3.19. The van der Waals surface area contributed by atoms with Gasteiger partial charge in [-0.15, -0.1) is 0 Å². The molecule has 0 spiro atoms. The van der Waals surface area contributed by atoms with Crippen LogP contribution in [0.15, 0.2) is 18.2 Å². The average molecular weight is 353 g/mol. The van der Waals surface area contributed by atoms with E-state index in [0.717, 1.165) is 17.9 Å². The Morgan fingerprint density at radius 2 is 1.60 bits per heavy atom. The molecule has 0 aliphatic rings. The SMILES string of the molecule is CCOC(C)Oc1ccc(OC(C)OC)c(C(CC(C)C)C(C)C)c1. The fourth-order valence-electron chi connectivity index (χ4n) is 2.95. The molecular formula is C21H36O4. The minimum absolute atomic E-state index is 0.273. The molecule has 4 nitrogen and oxygen atoms in total. The van der Waals surface area contributed by atoms with Gasteiger partial charge in [0.25, 0.3) is 0 Å². The summed E-state index contributed by atoms with van der Waals surface area (Å²) in [4.78, 5) is 0. The van der Waals surface area contributed by atoms with Crippen LogP contribution in [0.1, 0.15) is 66.4 Å². The summed E-state index contributed by atoms with van der Waals surface area (Å²) in [6.45, 7) is 15.4. The van der Waals surface area contributed by atoms with Crippen molar-refractivity contribution in [2.45, 2.75) is 73.4 Å². The summed E-state index contributed by atoms with van der Waals surface area (Å²) >= 11 is 0. The van der Waals surface area contributed by atoms with Gasteiger partial charge in [0, 0.05) is 19.3 Å². The van der Waals surface area contributed by atoms with Gasteiger partial charge in [-0.05, 0) is 63.1 Å². The molecule has 0 aromatic heterocycles. The van der Waals surface area contributed by atoms with Crippen molar-refractivity contribution in [1.29, 1.82) is 0 Å². The first-order valence-electron chi connectivity index (χ1n) is 9.40. The van der Waals surface area contributed by atoms with Crippen molar-refractivity contribution in [3.63, 3.8) is 0 Å². The van der Waals surface area contributed by atoms with Crippen molar-refractivity contribution in [3.8, 4) is 11.5 Å². The van der Waals surface area contributed by atoms with Gasteiger partial charge < -0.3 is 18.9 Å². The summed E-state index contributed by atoms with van der Waals surface area (Å²) in [6.07, 6.45) is 0.532. The Bertz CT molecular complexity index is 499. The lowest BCUT2D eigenvalue weighted by atomic mass is 9.81. The minimum atomic E-state index is -0.292. The third-order valence-corrected chi connectivity index (χ3v) is 4.24. The maximum absolute atomic E-state index is 6.01. The molecule has 0 radical (unpaired) electrons. The van der Waals surface area contributed by atoms with E-state index in [1.165, 1.54) is 5.56 Å². The zero-order valence-corrected chi connectivity index (χ0v) is 17.2. The number of methoxy groups -OCH3 is 1. The summed E-state index contributed by atoms with van der Waals surface area (Å²) in [5.41, 5.74) is 1.17. The van der Waals surface area contributed by atoms with Gasteiger partial charge in [0.1, 0.15) is 11.5 Å². The number of rotatable bonds is 11. The second-order valence-corrected chi connectivity index (χ2v) is 7.24. The summed E-state index contributed by atoms with van der Waals surface area (Å²) in [7, 11) is 1.65. The van der Waals surface area contributed by atoms with Crippen LogP contribution in [0, 0.1) is 11.8 Å². The summed E-state index contributed by atoms with van der Waals surface area (Å²) in [5.74, 6) is 3.17. The Labute approximate surface area is 153 Å². The van der Waals surface area contributed by atoms with E-state index in [1.807, 2.05) is 32.9 Å². The molecule has 3 atom stereocenters. The normalized spacial score (nSPS) is 15.3. The van der Waals surface area contributed by atoms with Crippen LogP contribution in [0.5, 0.6) is 11.5 Å². The van der Waals surface area contributed by atoms with E-state index in [1.54, 1.807) is 7.11 Å². The maximum Gasteiger partial charge on any atom is 0.196 e. The molecule has 1 aromatic rings. The average Bonchev–Trinajstić information content (AvgIpc) is 2.53. The summed E-state index contributed by atoms with van der Waals surface area (Å²) in [6, 6.07) is 6.01.